The maximum absolute atomic E-state index is 13.4. The van der Waals surface area contributed by atoms with Crippen LogP contribution < -0.4 is 5.32 Å². The van der Waals surface area contributed by atoms with E-state index in [1.165, 1.54) is 16.2 Å². The Bertz CT molecular complexity index is 1300. The Balaban J connectivity index is 1.67. The van der Waals surface area contributed by atoms with Crippen LogP contribution in [0.5, 0.6) is 0 Å². The lowest BCUT2D eigenvalue weighted by Gasteiger charge is -2.35. The Morgan fingerprint density at radius 3 is 2.59 bits per heavy atom. The van der Waals surface area contributed by atoms with Gasteiger partial charge in [-0.05, 0) is 44.5 Å². The third-order valence-electron chi connectivity index (χ3n) is 5.37. The van der Waals surface area contributed by atoms with Crippen molar-refractivity contribution in [3.63, 3.8) is 0 Å². The molecule has 0 aliphatic carbocycles. The van der Waals surface area contributed by atoms with Crippen LogP contribution in [0, 0.1) is 0 Å². The summed E-state index contributed by atoms with van der Waals surface area (Å²) < 4.78 is 1.79. The van der Waals surface area contributed by atoms with Gasteiger partial charge in [-0.15, -0.1) is 11.3 Å². The van der Waals surface area contributed by atoms with Crippen molar-refractivity contribution in [1.82, 2.24) is 19.6 Å². The van der Waals surface area contributed by atoms with Gasteiger partial charge in [0.15, 0.2) is 4.96 Å². The van der Waals surface area contributed by atoms with Gasteiger partial charge in [0.1, 0.15) is 11.4 Å². The number of carbonyl (C=O) groups is 2. The molecule has 2 aromatic carbocycles. The Hall–Kier alpha value is -3.39. The molecule has 0 bridgehead atoms. The quantitative estimate of drug-likeness (QED) is 0.442. The normalized spacial score (nSPS) is 12.8. The number of fused-ring (bicyclic) bond motifs is 2. The van der Waals surface area contributed by atoms with Gasteiger partial charge in [-0.2, -0.15) is 0 Å². The number of carbonyl (C=O) groups excluding carboxylic acids is 1. The summed E-state index contributed by atoms with van der Waals surface area (Å²) in [5.74, 6) is -0.286. The van der Waals surface area contributed by atoms with Crippen LogP contribution in [0.4, 0.5) is 4.79 Å². The molecular formula is C24H26N4O3S. The van der Waals surface area contributed by atoms with E-state index in [4.69, 9.17) is 4.98 Å². The fourth-order valence-electron chi connectivity index (χ4n) is 3.79. The molecule has 4 rings (SSSR count). The van der Waals surface area contributed by atoms with E-state index in [2.05, 4.69) is 5.32 Å². The van der Waals surface area contributed by atoms with Gasteiger partial charge in [-0.1, -0.05) is 36.4 Å². The van der Waals surface area contributed by atoms with E-state index < -0.39 is 11.6 Å². The highest BCUT2D eigenvalue weighted by molar-refractivity contribution is 7.15. The van der Waals surface area contributed by atoms with Crippen LogP contribution in [0.3, 0.4) is 0 Å². The van der Waals surface area contributed by atoms with Crippen LogP contribution >= 0.6 is 11.3 Å². The molecular weight excluding hydrogens is 424 g/mol. The van der Waals surface area contributed by atoms with E-state index in [0.717, 1.165) is 21.3 Å². The van der Waals surface area contributed by atoms with Crippen LogP contribution in [0.1, 0.15) is 38.2 Å². The second-order valence-corrected chi connectivity index (χ2v) is 9.74. The van der Waals surface area contributed by atoms with Gasteiger partial charge >= 0.3 is 6.09 Å². The van der Waals surface area contributed by atoms with Crippen molar-refractivity contribution in [3.05, 3.63) is 59.7 Å². The zero-order valence-electron chi connectivity index (χ0n) is 18.5. The van der Waals surface area contributed by atoms with Gasteiger partial charge in [-0.3, -0.25) is 9.20 Å². The maximum Gasteiger partial charge on any atom is 0.407 e. The van der Waals surface area contributed by atoms with Crippen molar-refractivity contribution in [2.45, 2.75) is 39.3 Å². The number of aromatic nitrogens is 2. The lowest BCUT2D eigenvalue weighted by molar-refractivity contribution is 0.0832. The Morgan fingerprint density at radius 2 is 1.91 bits per heavy atom. The number of hydrogen-bond donors (Lipinski definition) is 2. The minimum atomic E-state index is -1.01. The zero-order valence-corrected chi connectivity index (χ0v) is 19.3. The van der Waals surface area contributed by atoms with Crippen LogP contribution in [0.25, 0.3) is 27.0 Å². The number of carboxylic acid groups (broad SMARTS) is 1. The van der Waals surface area contributed by atoms with E-state index in [9.17, 15) is 14.7 Å². The van der Waals surface area contributed by atoms with Crippen molar-refractivity contribution >= 4 is 39.1 Å². The number of amides is 2. The topological polar surface area (TPSA) is 86.9 Å². The summed E-state index contributed by atoms with van der Waals surface area (Å²) in [5.41, 5.74) is 1.34. The fourth-order valence-corrected chi connectivity index (χ4v) is 4.51. The standard InChI is InChI=1S/C24H26N4O3S/c1-15(14-28(23(30)31)24(2,3)4)25-21(29)20-19(26-22-27(20)11-12-32-22)18-10-9-16-7-5-6-8-17(16)13-18/h5-13,15H,14H2,1-4H3,(H,25,29)(H,30,31). The smallest absolute Gasteiger partial charge is 0.407 e. The molecule has 2 heterocycles. The van der Waals surface area contributed by atoms with E-state index in [1.807, 2.05) is 74.8 Å². The third-order valence-corrected chi connectivity index (χ3v) is 6.13. The van der Waals surface area contributed by atoms with Crippen LogP contribution in [0.15, 0.2) is 54.0 Å². The molecule has 166 valence electrons. The number of hydrogen-bond acceptors (Lipinski definition) is 4. The number of nitrogens with one attached hydrogen (secondary N) is 1. The molecule has 7 nitrogen and oxygen atoms in total. The largest absolute Gasteiger partial charge is 0.465 e. The summed E-state index contributed by atoms with van der Waals surface area (Å²) in [6, 6.07) is 13.7. The molecule has 1 atom stereocenters. The van der Waals surface area contributed by atoms with Gasteiger partial charge in [0.25, 0.3) is 5.91 Å². The molecule has 0 fully saturated rings. The molecule has 2 aromatic heterocycles. The summed E-state index contributed by atoms with van der Waals surface area (Å²) in [4.78, 5) is 31.8. The van der Waals surface area contributed by atoms with Crippen molar-refractivity contribution in [2.24, 2.45) is 0 Å². The molecule has 4 aromatic rings. The van der Waals surface area contributed by atoms with Crippen molar-refractivity contribution in [3.8, 4) is 11.3 Å². The summed E-state index contributed by atoms with van der Waals surface area (Å²) in [5, 5.41) is 16.6. The van der Waals surface area contributed by atoms with Crippen LogP contribution in [0.2, 0.25) is 0 Å². The second kappa shape index (κ2) is 8.27. The highest BCUT2D eigenvalue weighted by atomic mass is 32.1. The summed E-state index contributed by atoms with van der Waals surface area (Å²) in [6.07, 6.45) is 0.815. The first-order chi connectivity index (χ1) is 15.1. The summed E-state index contributed by atoms with van der Waals surface area (Å²) in [6.45, 7) is 7.49. The van der Waals surface area contributed by atoms with E-state index in [1.54, 1.807) is 11.3 Å². The van der Waals surface area contributed by atoms with E-state index in [-0.39, 0.29) is 18.5 Å². The molecule has 0 aliphatic heterocycles. The molecule has 0 saturated heterocycles. The fraction of sp³-hybridized carbons (Fsp3) is 0.292. The van der Waals surface area contributed by atoms with Gasteiger partial charge < -0.3 is 15.3 Å². The Kier molecular flexibility index (Phi) is 5.64. The molecule has 0 aliphatic rings. The van der Waals surface area contributed by atoms with E-state index >= 15 is 0 Å². The minimum absolute atomic E-state index is 0.182. The van der Waals surface area contributed by atoms with Crippen LogP contribution in [-0.4, -0.2) is 49.5 Å². The zero-order chi connectivity index (χ0) is 23.0. The lowest BCUT2D eigenvalue weighted by atomic mass is 10.0. The molecule has 0 radical (unpaired) electrons. The molecule has 2 N–H and O–H groups in total. The minimum Gasteiger partial charge on any atom is -0.465 e. The van der Waals surface area contributed by atoms with E-state index in [0.29, 0.717) is 11.4 Å². The molecule has 0 spiro atoms. The van der Waals surface area contributed by atoms with Gasteiger partial charge in [0.2, 0.25) is 0 Å². The van der Waals surface area contributed by atoms with Crippen molar-refractivity contribution < 1.29 is 14.7 Å². The highest BCUT2D eigenvalue weighted by Crippen LogP contribution is 2.29. The second-order valence-electron chi connectivity index (χ2n) is 8.87. The number of rotatable bonds is 5. The predicted molar refractivity (Wildman–Crippen MR) is 127 cm³/mol. The van der Waals surface area contributed by atoms with Crippen molar-refractivity contribution in [2.75, 3.05) is 6.54 Å². The maximum atomic E-state index is 13.4. The Labute approximate surface area is 190 Å². The third kappa shape index (κ3) is 4.18. The number of thiazole rings is 1. The summed E-state index contributed by atoms with van der Waals surface area (Å²) >= 11 is 1.46. The van der Waals surface area contributed by atoms with Gasteiger partial charge in [0.05, 0.1) is 0 Å². The average Bonchev–Trinajstić information content (AvgIpc) is 3.31. The van der Waals surface area contributed by atoms with Crippen LogP contribution in [-0.2, 0) is 0 Å². The number of nitrogens with zero attached hydrogens (tertiary/aromatic N) is 3. The first-order valence-corrected chi connectivity index (χ1v) is 11.3. The summed E-state index contributed by atoms with van der Waals surface area (Å²) in [7, 11) is 0. The average molecular weight is 451 g/mol. The molecule has 32 heavy (non-hydrogen) atoms. The molecule has 8 heteroatoms. The first-order valence-electron chi connectivity index (χ1n) is 10.4. The SMILES string of the molecule is CC(CN(C(=O)O)C(C)(C)C)NC(=O)c1c(-c2ccc3ccccc3c2)nc2sccn12. The first kappa shape index (κ1) is 21.8. The lowest BCUT2D eigenvalue weighted by Crippen LogP contribution is -2.51. The van der Waals surface area contributed by atoms with Crippen molar-refractivity contribution in [1.29, 1.82) is 0 Å². The number of benzene rings is 2. The predicted octanol–water partition coefficient (Wildman–Crippen LogP) is 5.11. The molecule has 0 saturated carbocycles. The monoisotopic (exact) mass is 450 g/mol. The number of imidazole rings is 1. The molecule has 2 amide bonds. The highest BCUT2D eigenvalue weighted by Gasteiger charge is 2.29. The van der Waals surface area contributed by atoms with Gasteiger partial charge in [-0.25, -0.2) is 9.78 Å². The Morgan fingerprint density at radius 1 is 1.19 bits per heavy atom. The molecule has 1 unspecified atom stereocenters. The van der Waals surface area contributed by atoms with Gasteiger partial charge in [0, 0.05) is 35.3 Å².